The summed E-state index contributed by atoms with van der Waals surface area (Å²) in [4.78, 5) is 6.38. The summed E-state index contributed by atoms with van der Waals surface area (Å²) in [6, 6.07) is 13.6. The summed E-state index contributed by atoms with van der Waals surface area (Å²) >= 11 is 0. The van der Waals surface area contributed by atoms with E-state index in [1.54, 1.807) is 31.4 Å². The number of hydrogen-bond acceptors (Lipinski definition) is 4. The standard InChI is InChI=1S/C21H28FN3O3.HI/c1-4-23-21(24-15-19(26)16-8-7-9-17(14-16)27-3)25(2)12-13-28-20-11-6-5-10-18(20)22;/h5-11,14,19,26H,4,12-13,15H2,1-3H3,(H,23,24);1H. The Morgan fingerprint density at radius 2 is 2.00 bits per heavy atom. The number of likely N-dealkylation sites (N-methyl/N-ethyl adjacent to an activating group) is 1. The smallest absolute Gasteiger partial charge is 0.193 e. The number of aliphatic hydroxyl groups excluding tert-OH is 1. The lowest BCUT2D eigenvalue weighted by Crippen LogP contribution is -2.41. The molecule has 0 aliphatic carbocycles. The average molecular weight is 517 g/mol. The Balaban J connectivity index is 0.00000420. The van der Waals surface area contributed by atoms with E-state index in [-0.39, 0.29) is 42.1 Å². The normalized spacial score (nSPS) is 12.0. The Hall–Kier alpha value is -2.07. The Labute approximate surface area is 188 Å². The molecule has 2 N–H and O–H groups in total. The molecule has 8 heteroatoms. The highest BCUT2D eigenvalue weighted by Gasteiger charge is 2.11. The Morgan fingerprint density at radius 1 is 1.24 bits per heavy atom. The monoisotopic (exact) mass is 517 g/mol. The number of aliphatic imine (C=N–C) groups is 1. The Kier molecular flexibility index (Phi) is 11.4. The minimum atomic E-state index is -0.744. The zero-order valence-electron chi connectivity index (χ0n) is 17.0. The number of benzene rings is 2. The maximum Gasteiger partial charge on any atom is 0.193 e. The van der Waals surface area contributed by atoms with Gasteiger partial charge in [0.05, 0.1) is 26.3 Å². The van der Waals surface area contributed by atoms with Crippen LogP contribution in [0.5, 0.6) is 11.5 Å². The summed E-state index contributed by atoms with van der Waals surface area (Å²) in [6.45, 7) is 3.67. The average Bonchev–Trinajstić information content (AvgIpc) is 2.72. The van der Waals surface area contributed by atoms with Gasteiger partial charge in [0.1, 0.15) is 12.4 Å². The highest BCUT2D eigenvalue weighted by atomic mass is 127. The summed E-state index contributed by atoms with van der Waals surface area (Å²) in [7, 11) is 3.45. The predicted octanol–water partition coefficient (Wildman–Crippen LogP) is 3.46. The van der Waals surface area contributed by atoms with E-state index in [9.17, 15) is 9.50 Å². The first kappa shape index (κ1) is 25.0. The lowest BCUT2D eigenvalue weighted by Gasteiger charge is -2.22. The molecule has 2 aromatic rings. The van der Waals surface area contributed by atoms with Crippen molar-refractivity contribution in [1.29, 1.82) is 0 Å². The summed E-state index contributed by atoms with van der Waals surface area (Å²) in [5, 5.41) is 13.6. The number of aliphatic hydroxyl groups is 1. The molecule has 2 rings (SSSR count). The lowest BCUT2D eigenvalue weighted by molar-refractivity contribution is 0.186. The number of ether oxygens (including phenoxy) is 2. The maximum atomic E-state index is 13.6. The van der Waals surface area contributed by atoms with Gasteiger partial charge in [-0.3, -0.25) is 4.99 Å². The molecule has 0 aliphatic heterocycles. The summed E-state index contributed by atoms with van der Waals surface area (Å²) < 4.78 is 24.3. The number of hydrogen-bond donors (Lipinski definition) is 2. The van der Waals surface area contributed by atoms with Gasteiger partial charge in [0, 0.05) is 13.6 Å². The fraction of sp³-hybridized carbons (Fsp3) is 0.381. The van der Waals surface area contributed by atoms with E-state index in [0.717, 1.165) is 5.56 Å². The topological polar surface area (TPSA) is 66.3 Å². The van der Waals surface area contributed by atoms with Crippen LogP contribution in [0.4, 0.5) is 4.39 Å². The Morgan fingerprint density at radius 3 is 2.69 bits per heavy atom. The highest BCUT2D eigenvalue weighted by molar-refractivity contribution is 14.0. The van der Waals surface area contributed by atoms with E-state index in [0.29, 0.717) is 31.4 Å². The van der Waals surface area contributed by atoms with E-state index in [1.165, 1.54) is 6.07 Å². The third-order valence-electron chi connectivity index (χ3n) is 4.11. The summed E-state index contributed by atoms with van der Waals surface area (Å²) in [5.41, 5.74) is 0.740. The zero-order valence-corrected chi connectivity index (χ0v) is 19.3. The van der Waals surface area contributed by atoms with Crippen molar-refractivity contribution < 1.29 is 19.0 Å². The second kappa shape index (κ2) is 13.2. The van der Waals surface area contributed by atoms with Gasteiger partial charge in [-0.1, -0.05) is 24.3 Å². The minimum absolute atomic E-state index is 0. The minimum Gasteiger partial charge on any atom is -0.497 e. The molecule has 0 amide bonds. The quantitative estimate of drug-likeness (QED) is 0.303. The zero-order chi connectivity index (χ0) is 20.4. The van der Waals surface area contributed by atoms with Crippen LogP contribution in [0, 0.1) is 5.82 Å². The van der Waals surface area contributed by atoms with Crippen LogP contribution in [0.2, 0.25) is 0 Å². The van der Waals surface area contributed by atoms with Crippen molar-refractivity contribution in [3.8, 4) is 11.5 Å². The van der Waals surface area contributed by atoms with Gasteiger partial charge in [0.15, 0.2) is 17.5 Å². The molecular formula is C21H29FIN3O3. The van der Waals surface area contributed by atoms with Gasteiger partial charge in [-0.15, -0.1) is 24.0 Å². The maximum absolute atomic E-state index is 13.6. The number of guanidine groups is 1. The van der Waals surface area contributed by atoms with Crippen LogP contribution in [0.25, 0.3) is 0 Å². The van der Waals surface area contributed by atoms with Gasteiger partial charge in [0.2, 0.25) is 0 Å². The number of para-hydroxylation sites is 1. The first-order valence-corrected chi connectivity index (χ1v) is 9.24. The lowest BCUT2D eigenvalue weighted by atomic mass is 10.1. The highest BCUT2D eigenvalue weighted by Crippen LogP contribution is 2.19. The third kappa shape index (κ3) is 8.06. The molecule has 0 aromatic heterocycles. The van der Waals surface area contributed by atoms with E-state index < -0.39 is 6.10 Å². The third-order valence-corrected chi connectivity index (χ3v) is 4.11. The van der Waals surface area contributed by atoms with Crippen LogP contribution in [0.1, 0.15) is 18.6 Å². The van der Waals surface area contributed by atoms with Gasteiger partial charge in [-0.05, 0) is 36.8 Å². The van der Waals surface area contributed by atoms with Crippen LogP contribution in [-0.4, -0.2) is 56.4 Å². The van der Waals surface area contributed by atoms with E-state index >= 15 is 0 Å². The van der Waals surface area contributed by atoms with Crippen LogP contribution in [0.15, 0.2) is 53.5 Å². The van der Waals surface area contributed by atoms with Crippen molar-refractivity contribution >= 4 is 29.9 Å². The van der Waals surface area contributed by atoms with Crippen molar-refractivity contribution in [3.05, 3.63) is 59.9 Å². The Bertz CT molecular complexity index is 776. The van der Waals surface area contributed by atoms with Gasteiger partial charge < -0.3 is 24.8 Å². The molecule has 0 saturated heterocycles. The molecule has 0 spiro atoms. The molecule has 0 aliphatic rings. The molecule has 0 bridgehead atoms. The van der Waals surface area contributed by atoms with Crippen LogP contribution in [-0.2, 0) is 0 Å². The van der Waals surface area contributed by atoms with Crippen molar-refractivity contribution in [2.75, 3.05) is 40.4 Å². The molecule has 0 saturated carbocycles. The first-order chi connectivity index (χ1) is 13.5. The van der Waals surface area contributed by atoms with Crippen LogP contribution < -0.4 is 14.8 Å². The SMILES string of the molecule is CCNC(=NCC(O)c1cccc(OC)c1)N(C)CCOc1ccccc1F.I. The number of nitrogens with one attached hydrogen (secondary N) is 1. The molecule has 0 fully saturated rings. The van der Waals surface area contributed by atoms with Crippen molar-refractivity contribution in [2.45, 2.75) is 13.0 Å². The molecule has 0 radical (unpaired) electrons. The summed E-state index contributed by atoms with van der Waals surface area (Å²) in [6.07, 6.45) is -0.744. The molecule has 1 unspecified atom stereocenters. The molecule has 160 valence electrons. The number of rotatable bonds is 9. The molecule has 6 nitrogen and oxygen atoms in total. The van der Waals surface area contributed by atoms with E-state index in [4.69, 9.17) is 9.47 Å². The second-order valence-electron chi connectivity index (χ2n) is 6.19. The predicted molar refractivity (Wildman–Crippen MR) is 124 cm³/mol. The molecule has 0 heterocycles. The van der Waals surface area contributed by atoms with Crippen molar-refractivity contribution in [1.82, 2.24) is 10.2 Å². The fourth-order valence-corrected chi connectivity index (χ4v) is 2.56. The molecular weight excluding hydrogens is 488 g/mol. The fourth-order valence-electron chi connectivity index (χ4n) is 2.56. The molecule has 29 heavy (non-hydrogen) atoms. The van der Waals surface area contributed by atoms with Crippen LogP contribution >= 0.6 is 24.0 Å². The molecule has 2 aromatic carbocycles. The van der Waals surface area contributed by atoms with Crippen molar-refractivity contribution in [3.63, 3.8) is 0 Å². The second-order valence-corrected chi connectivity index (χ2v) is 6.19. The van der Waals surface area contributed by atoms with Gasteiger partial charge in [0.25, 0.3) is 0 Å². The number of halogens is 2. The van der Waals surface area contributed by atoms with Crippen molar-refractivity contribution in [2.24, 2.45) is 4.99 Å². The first-order valence-electron chi connectivity index (χ1n) is 9.24. The van der Waals surface area contributed by atoms with Crippen LogP contribution in [0.3, 0.4) is 0 Å². The molecule has 1 atom stereocenters. The van der Waals surface area contributed by atoms with Gasteiger partial charge >= 0.3 is 0 Å². The van der Waals surface area contributed by atoms with Gasteiger partial charge in [-0.2, -0.15) is 0 Å². The summed E-state index contributed by atoms with van der Waals surface area (Å²) in [5.74, 6) is 1.18. The number of nitrogens with zero attached hydrogens (tertiary/aromatic N) is 2. The number of methoxy groups -OCH3 is 1. The largest absolute Gasteiger partial charge is 0.497 e. The van der Waals surface area contributed by atoms with E-state index in [1.807, 2.05) is 37.1 Å². The van der Waals surface area contributed by atoms with E-state index in [2.05, 4.69) is 10.3 Å². The van der Waals surface area contributed by atoms with Gasteiger partial charge in [-0.25, -0.2) is 4.39 Å².